The second-order valence-electron chi connectivity index (χ2n) is 3.14. The molecule has 0 bridgehead atoms. The number of hydrogen-bond donors (Lipinski definition) is 2. The Bertz CT molecular complexity index is 196. The van der Waals surface area contributed by atoms with Crippen LogP contribution in [-0.2, 0) is 9.59 Å². The number of carbonyl (C=O) groups is 2. The summed E-state index contributed by atoms with van der Waals surface area (Å²) in [5.41, 5.74) is 0. The van der Waals surface area contributed by atoms with Crippen LogP contribution < -0.4 is 5.32 Å². The third kappa shape index (κ3) is 6.77. The van der Waals surface area contributed by atoms with Gasteiger partial charge in [0.05, 0.1) is 0 Å². The summed E-state index contributed by atoms with van der Waals surface area (Å²) in [6.07, 6.45) is 2.55. The molecule has 1 unspecified atom stereocenters. The van der Waals surface area contributed by atoms with Crippen LogP contribution in [0.1, 0.15) is 19.8 Å². The zero-order chi connectivity index (χ0) is 11.0. The smallest absolute Gasteiger partial charge is 0.303 e. The Morgan fingerprint density at radius 2 is 2.14 bits per heavy atom. The molecule has 2 N–H and O–H groups in total. The monoisotopic (exact) mass is 219 g/mol. The van der Waals surface area contributed by atoms with Crippen LogP contribution in [0.5, 0.6) is 0 Å². The minimum atomic E-state index is -0.823. The molecule has 0 saturated heterocycles. The van der Waals surface area contributed by atoms with Gasteiger partial charge in [0.1, 0.15) is 0 Å². The predicted octanol–water partition coefficient (Wildman–Crippen LogP) is 0.966. The summed E-state index contributed by atoms with van der Waals surface area (Å²) in [6, 6.07) is 0. The molecule has 0 aromatic heterocycles. The van der Waals surface area contributed by atoms with E-state index in [0.717, 1.165) is 5.75 Å². The molecule has 82 valence electrons. The average Bonchev–Trinajstić information content (AvgIpc) is 2.12. The molecule has 0 radical (unpaired) electrons. The quantitative estimate of drug-likeness (QED) is 0.626. The second kappa shape index (κ2) is 7.67. The molecule has 0 rings (SSSR count). The lowest BCUT2D eigenvalue weighted by molar-refractivity contribution is -0.137. The van der Waals surface area contributed by atoms with E-state index in [1.165, 1.54) is 0 Å². The summed E-state index contributed by atoms with van der Waals surface area (Å²) in [5, 5.41) is 11.1. The number of carboxylic acid groups (broad SMARTS) is 1. The van der Waals surface area contributed by atoms with Crippen molar-refractivity contribution in [3.63, 3.8) is 0 Å². The van der Waals surface area contributed by atoms with Gasteiger partial charge in [0.2, 0.25) is 5.91 Å². The molecule has 0 aliphatic heterocycles. The van der Waals surface area contributed by atoms with Crippen molar-refractivity contribution in [2.24, 2.45) is 5.92 Å². The van der Waals surface area contributed by atoms with E-state index in [1.807, 2.05) is 13.2 Å². The fraction of sp³-hybridized carbons (Fsp3) is 0.778. The molecule has 5 heteroatoms. The van der Waals surface area contributed by atoms with Crippen LogP contribution >= 0.6 is 11.8 Å². The van der Waals surface area contributed by atoms with E-state index in [9.17, 15) is 9.59 Å². The summed E-state index contributed by atoms with van der Waals surface area (Å²) >= 11 is 1.63. The van der Waals surface area contributed by atoms with Gasteiger partial charge in [-0.25, -0.2) is 0 Å². The van der Waals surface area contributed by atoms with E-state index in [-0.39, 0.29) is 18.2 Å². The van der Waals surface area contributed by atoms with Crippen LogP contribution in [0.4, 0.5) is 0 Å². The molecule has 0 aliphatic carbocycles. The van der Waals surface area contributed by atoms with E-state index in [2.05, 4.69) is 5.32 Å². The van der Waals surface area contributed by atoms with Gasteiger partial charge in [0.15, 0.2) is 0 Å². The van der Waals surface area contributed by atoms with Gasteiger partial charge >= 0.3 is 5.97 Å². The zero-order valence-electron chi connectivity index (χ0n) is 8.58. The largest absolute Gasteiger partial charge is 0.481 e. The molecule has 0 aromatic carbocycles. The standard InChI is InChI=1S/C9H17NO3S/c1-7(6-14-2)9(13)10-5-3-4-8(11)12/h7H,3-6H2,1-2H3,(H,10,13)(H,11,12). The van der Waals surface area contributed by atoms with Crippen LogP contribution in [0.25, 0.3) is 0 Å². The van der Waals surface area contributed by atoms with Gasteiger partial charge in [0, 0.05) is 24.6 Å². The summed E-state index contributed by atoms with van der Waals surface area (Å²) in [4.78, 5) is 21.5. The Morgan fingerprint density at radius 3 is 2.64 bits per heavy atom. The van der Waals surface area contributed by atoms with Gasteiger partial charge in [-0.1, -0.05) is 6.92 Å². The number of carbonyl (C=O) groups excluding carboxylic acids is 1. The summed E-state index contributed by atoms with van der Waals surface area (Å²) < 4.78 is 0. The van der Waals surface area contributed by atoms with Gasteiger partial charge in [-0.15, -0.1) is 0 Å². The van der Waals surface area contributed by atoms with Crippen molar-refractivity contribution in [1.82, 2.24) is 5.32 Å². The highest BCUT2D eigenvalue weighted by molar-refractivity contribution is 7.98. The second-order valence-corrected chi connectivity index (χ2v) is 4.06. The van der Waals surface area contributed by atoms with Crippen LogP contribution in [-0.4, -0.2) is 35.5 Å². The van der Waals surface area contributed by atoms with Crippen molar-refractivity contribution in [3.8, 4) is 0 Å². The maximum atomic E-state index is 11.3. The summed E-state index contributed by atoms with van der Waals surface area (Å²) in [5.74, 6) is -0.0268. The fourth-order valence-electron chi connectivity index (χ4n) is 0.951. The molecule has 4 nitrogen and oxygen atoms in total. The highest BCUT2D eigenvalue weighted by Crippen LogP contribution is 2.03. The molecule has 14 heavy (non-hydrogen) atoms. The van der Waals surface area contributed by atoms with E-state index in [1.54, 1.807) is 11.8 Å². The number of amides is 1. The molecular weight excluding hydrogens is 202 g/mol. The van der Waals surface area contributed by atoms with Crippen molar-refractivity contribution in [1.29, 1.82) is 0 Å². The first-order chi connectivity index (χ1) is 6.57. The lowest BCUT2D eigenvalue weighted by atomic mass is 10.2. The molecule has 0 aliphatic rings. The Kier molecular flexibility index (Phi) is 7.28. The number of carboxylic acids is 1. The first-order valence-electron chi connectivity index (χ1n) is 4.56. The van der Waals surface area contributed by atoms with E-state index < -0.39 is 5.97 Å². The van der Waals surface area contributed by atoms with Crippen molar-refractivity contribution in [2.45, 2.75) is 19.8 Å². The lowest BCUT2D eigenvalue weighted by Crippen LogP contribution is -2.31. The van der Waals surface area contributed by atoms with Crippen molar-refractivity contribution in [2.75, 3.05) is 18.6 Å². The fourth-order valence-corrected chi connectivity index (χ4v) is 1.60. The molecule has 1 amide bonds. The third-order valence-electron chi connectivity index (χ3n) is 1.73. The Morgan fingerprint density at radius 1 is 1.50 bits per heavy atom. The third-order valence-corrected chi connectivity index (χ3v) is 2.56. The molecule has 0 aromatic rings. The molecular formula is C9H17NO3S. The SMILES string of the molecule is CSCC(C)C(=O)NCCCC(=O)O. The van der Waals surface area contributed by atoms with Crippen LogP contribution in [0.15, 0.2) is 0 Å². The summed E-state index contributed by atoms with van der Waals surface area (Å²) in [6.45, 7) is 2.31. The van der Waals surface area contributed by atoms with Gasteiger partial charge in [-0.3, -0.25) is 9.59 Å². The van der Waals surface area contributed by atoms with E-state index >= 15 is 0 Å². The number of aliphatic carboxylic acids is 1. The van der Waals surface area contributed by atoms with Crippen molar-refractivity contribution >= 4 is 23.6 Å². The predicted molar refractivity (Wildman–Crippen MR) is 57.4 cm³/mol. The van der Waals surface area contributed by atoms with Crippen LogP contribution in [0.3, 0.4) is 0 Å². The van der Waals surface area contributed by atoms with E-state index in [4.69, 9.17) is 5.11 Å². The Labute approximate surface area is 88.4 Å². The van der Waals surface area contributed by atoms with Gasteiger partial charge in [-0.2, -0.15) is 11.8 Å². The first-order valence-corrected chi connectivity index (χ1v) is 5.95. The van der Waals surface area contributed by atoms with Gasteiger partial charge in [0.25, 0.3) is 0 Å². The Balaban J connectivity index is 3.48. The first kappa shape index (κ1) is 13.3. The molecule has 0 spiro atoms. The molecule has 0 heterocycles. The average molecular weight is 219 g/mol. The minimum Gasteiger partial charge on any atom is -0.481 e. The van der Waals surface area contributed by atoms with Crippen molar-refractivity contribution in [3.05, 3.63) is 0 Å². The zero-order valence-corrected chi connectivity index (χ0v) is 9.39. The molecule has 1 atom stereocenters. The molecule has 0 saturated carbocycles. The number of nitrogens with one attached hydrogen (secondary N) is 1. The Hall–Kier alpha value is -0.710. The maximum absolute atomic E-state index is 11.3. The van der Waals surface area contributed by atoms with Gasteiger partial charge < -0.3 is 10.4 Å². The topological polar surface area (TPSA) is 66.4 Å². The van der Waals surface area contributed by atoms with Gasteiger partial charge in [-0.05, 0) is 12.7 Å². The van der Waals surface area contributed by atoms with E-state index in [0.29, 0.717) is 13.0 Å². The highest BCUT2D eigenvalue weighted by atomic mass is 32.2. The normalized spacial score (nSPS) is 12.1. The summed E-state index contributed by atoms with van der Waals surface area (Å²) in [7, 11) is 0. The lowest BCUT2D eigenvalue weighted by Gasteiger charge is -2.09. The minimum absolute atomic E-state index is 0.00439. The number of rotatable bonds is 7. The maximum Gasteiger partial charge on any atom is 0.303 e. The van der Waals surface area contributed by atoms with Crippen LogP contribution in [0, 0.1) is 5.92 Å². The highest BCUT2D eigenvalue weighted by Gasteiger charge is 2.10. The molecule has 0 fully saturated rings. The number of hydrogen-bond acceptors (Lipinski definition) is 3. The van der Waals surface area contributed by atoms with Crippen molar-refractivity contribution < 1.29 is 14.7 Å². The number of thioether (sulfide) groups is 1. The van der Waals surface area contributed by atoms with Crippen LogP contribution in [0.2, 0.25) is 0 Å².